The van der Waals surface area contributed by atoms with E-state index in [0.29, 0.717) is 6.42 Å². The second-order valence-corrected chi connectivity index (χ2v) is 3.18. The standard InChI is InChI=1S/C12H13NO3/c1-3-8-5-6-10(14)11(9(8)7-13)12(15)16-4-2/h5-6,14H,3-4H2,1-2H3. The summed E-state index contributed by atoms with van der Waals surface area (Å²) in [6.07, 6.45) is 0.621. The number of ether oxygens (including phenoxy) is 1. The van der Waals surface area contributed by atoms with Crippen LogP contribution in [0.4, 0.5) is 0 Å². The van der Waals surface area contributed by atoms with E-state index in [1.165, 1.54) is 6.07 Å². The van der Waals surface area contributed by atoms with Crippen molar-refractivity contribution in [3.63, 3.8) is 0 Å². The fourth-order valence-electron chi connectivity index (χ4n) is 1.47. The third-order valence-corrected chi connectivity index (χ3v) is 2.24. The Morgan fingerprint density at radius 2 is 2.19 bits per heavy atom. The zero-order chi connectivity index (χ0) is 12.1. The molecule has 0 saturated carbocycles. The minimum Gasteiger partial charge on any atom is -0.507 e. The number of benzene rings is 1. The fraction of sp³-hybridized carbons (Fsp3) is 0.333. The van der Waals surface area contributed by atoms with Crippen molar-refractivity contribution >= 4 is 5.97 Å². The van der Waals surface area contributed by atoms with Gasteiger partial charge in [-0.15, -0.1) is 0 Å². The summed E-state index contributed by atoms with van der Waals surface area (Å²) in [7, 11) is 0. The molecule has 0 bridgehead atoms. The molecule has 1 aromatic carbocycles. The van der Waals surface area contributed by atoms with Crippen LogP contribution in [-0.4, -0.2) is 17.7 Å². The highest BCUT2D eigenvalue weighted by molar-refractivity contribution is 5.95. The van der Waals surface area contributed by atoms with Gasteiger partial charge in [0.1, 0.15) is 17.4 Å². The van der Waals surface area contributed by atoms with Crippen molar-refractivity contribution in [2.24, 2.45) is 0 Å². The lowest BCUT2D eigenvalue weighted by molar-refractivity contribution is 0.0522. The van der Waals surface area contributed by atoms with Gasteiger partial charge in [-0.3, -0.25) is 0 Å². The predicted octanol–water partition coefficient (Wildman–Crippen LogP) is 2.00. The Bertz CT molecular complexity index is 446. The van der Waals surface area contributed by atoms with E-state index < -0.39 is 5.97 Å². The van der Waals surface area contributed by atoms with Crippen LogP contribution in [0.3, 0.4) is 0 Å². The number of phenolic OH excluding ortho intramolecular Hbond substituents is 1. The highest BCUT2D eigenvalue weighted by Gasteiger charge is 2.19. The van der Waals surface area contributed by atoms with Crippen molar-refractivity contribution in [2.75, 3.05) is 6.61 Å². The summed E-state index contributed by atoms with van der Waals surface area (Å²) in [5, 5.41) is 18.6. The Balaban J connectivity index is 3.35. The summed E-state index contributed by atoms with van der Waals surface area (Å²) < 4.78 is 4.80. The molecule has 0 fully saturated rings. The van der Waals surface area contributed by atoms with E-state index in [1.54, 1.807) is 13.0 Å². The van der Waals surface area contributed by atoms with Crippen LogP contribution in [-0.2, 0) is 11.2 Å². The molecule has 1 aromatic rings. The minimum atomic E-state index is -0.660. The average Bonchev–Trinajstić information content (AvgIpc) is 2.28. The molecule has 0 amide bonds. The number of aromatic hydroxyl groups is 1. The molecule has 4 nitrogen and oxygen atoms in total. The lowest BCUT2D eigenvalue weighted by atomic mass is 9.99. The number of carbonyl (C=O) groups is 1. The molecule has 0 aliphatic rings. The van der Waals surface area contributed by atoms with Gasteiger partial charge in [0.2, 0.25) is 0 Å². The first kappa shape index (κ1) is 12.1. The second kappa shape index (κ2) is 5.17. The lowest BCUT2D eigenvalue weighted by Gasteiger charge is -2.09. The molecule has 0 saturated heterocycles. The van der Waals surface area contributed by atoms with E-state index in [9.17, 15) is 9.90 Å². The van der Waals surface area contributed by atoms with Crippen LogP contribution in [0.2, 0.25) is 0 Å². The first-order chi connectivity index (χ1) is 7.65. The number of esters is 1. The van der Waals surface area contributed by atoms with Crippen LogP contribution in [0, 0.1) is 11.3 Å². The molecular formula is C12H13NO3. The number of rotatable bonds is 3. The topological polar surface area (TPSA) is 70.3 Å². The first-order valence-electron chi connectivity index (χ1n) is 5.07. The van der Waals surface area contributed by atoms with E-state index in [-0.39, 0.29) is 23.5 Å². The zero-order valence-electron chi connectivity index (χ0n) is 9.28. The molecular weight excluding hydrogens is 206 g/mol. The van der Waals surface area contributed by atoms with E-state index in [1.807, 2.05) is 13.0 Å². The van der Waals surface area contributed by atoms with Gasteiger partial charge < -0.3 is 9.84 Å². The number of carbonyl (C=O) groups excluding carboxylic acids is 1. The quantitative estimate of drug-likeness (QED) is 0.789. The molecule has 1 N–H and O–H groups in total. The van der Waals surface area contributed by atoms with Gasteiger partial charge >= 0.3 is 5.97 Å². The molecule has 1 rings (SSSR count). The molecule has 0 radical (unpaired) electrons. The van der Waals surface area contributed by atoms with Gasteiger partial charge in [-0.05, 0) is 25.0 Å². The minimum absolute atomic E-state index is 0.0382. The van der Waals surface area contributed by atoms with Crippen LogP contribution in [0.5, 0.6) is 5.75 Å². The molecule has 0 aromatic heterocycles. The van der Waals surface area contributed by atoms with E-state index in [2.05, 4.69) is 0 Å². The van der Waals surface area contributed by atoms with Crippen LogP contribution < -0.4 is 0 Å². The van der Waals surface area contributed by atoms with Crippen molar-refractivity contribution < 1.29 is 14.6 Å². The molecule has 0 aliphatic heterocycles. The van der Waals surface area contributed by atoms with Gasteiger partial charge in [0.05, 0.1) is 12.2 Å². The third-order valence-electron chi connectivity index (χ3n) is 2.24. The van der Waals surface area contributed by atoms with E-state index in [0.717, 1.165) is 5.56 Å². The van der Waals surface area contributed by atoms with Gasteiger partial charge in [0.15, 0.2) is 0 Å². The second-order valence-electron chi connectivity index (χ2n) is 3.18. The van der Waals surface area contributed by atoms with Crippen molar-refractivity contribution in [2.45, 2.75) is 20.3 Å². The number of hydrogen-bond donors (Lipinski definition) is 1. The lowest BCUT2D eigenvalue weighted by Crippen LogP contribution is -2.09. The van der Waals surface area contributed by atoms with Crippen molar-refractivity contribution in [1.82, 2.24) is 0 Å². The number of nitriles is 1. The third kappa shape index (κ3) is 2.14. The van der Waals surface area contributed by atoms with Gasteiger partial charge in [-0.25, -0.2) is 4.79 Å². The summed E-state index contributed by atoms with van der Waals surface area (Å²) >= 11 is 0. The van der Waals surface area contributed by atoms with Gasteiger partial charge in [0, 0.05) is 0 Å². The maximum Gasteiger partial charge on any atom is 0.343 e. The number of nitrogens with zero attached hydrogens (tertiary/aromatic N) is 1. The Morgan fingerprint density at radius 1 is 1.50 bits per heavy atom. The van der Waals surface area contributed by atoms with Crippen LogP contribution in [0.1, 0.15) is 35.3 Å². The molecule has 4 heteroatoms. The highest BCUT2D eigenvalue weighted by Crippen LogP contribution is 2.25. The maximum absolute atomic E-state index is 11.6. The Kier molecular flexibility index (Phi) is 3.90. The molecule has 16 heavy (non-hydrogen) atoms. The summed E-state index contributed by atoms with van der Waals surface area (Å²) in [5.74, 6) is -0.876. The zero-order valence-corrected chi connectivity index (χ0v) is 9.28. The smallest absolute Gasteiger partial charge is 0.343 e. The van der Waals surface area contributed by atoms with Crippen LogP contribution in [0.15, 0.2) is 12.1 Å². The molecule has 0 atom stereocenters. The van der Waals surface area contributed by atoms with Gasteiger partial charge in [-0.1, -0.05) is 13.0 Å². The SMILES string of the molecule is CCOC(=O)c1c(O)ccc(CC)c1C#N. The monoisotopic (exact) mass is 219 g/mol. The summed E-state index contributed by atoms with van der Waals surface area (Å²) in [6, 6.07) is 4.98. The normalized spacial score (nSPS) is 9.56. The average molecular weight is 219 g/mol. The first-order valence-corrected chi connectivity index (χ1v) is 5.07. The van der Waals surface area contributed by atoms with Gasteiger partial charge in [0.25, 0.3) is 0 Å². The van der Waals surface area contributed by atoms with Gasteiger partial charge in [-0.2, -0.15) is 5.26 Å². The molecule has 0 spiro atoms. The predicted molar refractivity (Wildman–Crippen MR) is 58.2 cm³/mol. The summed E-state index contributed by atoms with van der Waals surface area (Å²) in [6.45, 7) is 3.76. The van der Waals surface area contributed by atoms with Crippen LogP contribution in [0.25, 0.3) is 0 Å². The largest absolute Gasteiger partial charge is 0.507 e. The number of hydrogen-bond acceptors (Lipinski definition) is 4. The molecule has 0 aliphatic carbocycles. The fourth-order valence-corrected chi connectivity index (χ4v) is 1.47. The Morgan fingerprint density at radius 3 is 2.69 bits per heavy atom. The van der Waals surface area contributed by atoms with Crippen molar-refractivity contribution in [3.8, 4) is 11.8 Å². The highest BCUT2D eigenvalue weighted by atomic mass is 16.5. The van der Waals surface area contributed by atoms with E-state index >= 15 is 0 Å². The van der Waals surface area contributed by atoms with Crippen LogP contribution >= 0.6 is 0 Å². The maximum atomic E-state index is 11.6. The number of aryl methyl sites for hydroxylation is 1. The number of phenols is 1. The Hall–Kier alpha value is -2.02. The molecule has 0 heterocycles. The van der Waals surface area contributed by atoms with Crippen molar-refractivity contribution in [3.05, 3.63) is 28.8 Å². The Labute approximate surface area is 94.1 Å². The molecule has 84 valence electrons. The van der Waals surface area contributed by atoms with E-state index in [4.69, 9.17) is 10.00 Å². The summed E-state index contributed by atoms with van der Waals surface area (Å²) in [4.78, 5) is 11.6. The van der Waals surface area contributed by atoms with Crippen molar-refractivity contribution in [1.29, 1.82) is 5.26 Å². The summed E-state index contributed by atoms with van der Waals surface area (Å²) in [5.41, 5.74) is 0.882. The molecule has 0 unspecified atom stereocenters.